The monoisotopic (exact) mass is 278 g/mol. The van der Waals surface area contributed by atoms with Crippen LogP contribution in [0.3, 0.4) is 0 Å². The average molecular weight is 279 g/mol. The Morgan fingerprint density at radius 2 is 2.17 bits per heavy atom. The molecule has 0 atom stereocenters. The highest BCUT2D eigenvalue weighted by molar-refractivity contribution is 7.19. The molecule has 0 saturated heterocycles. The molecule has 92 valence electrons. The maximum Gasteiger partial charge on any atom is 0.168 e. The van der Waals surface area contributed by atoms with Crippen molar-refractivity contribution in [1.29, 1.82) is 0 Å². The molecule has 4 nitrogen and oxygen atoms in total. The lowest BCUT2D eigenvalue weighted by molar-refractivity contribution is 0.639. The van der Waals surface area contributed by atoms with E-state index in [0.29, 0.717) is 12.4 Å². The molecule has 0 aliphatic rings. The molecule has 3 aromatic rings. The molecule has 0 bridgehead atoms. The van der Waals surface area contributed by atoms with E-state index >= 15 is 0 Å². The molecule has 0 spiro atoms. The number of nitrogen functional groups attached to an aromatic ring is 1. The Hall–Kier alpha value is -1.59. The number of nitrogens with zero attached hydrogens (tertiary/aromatic N) is 3. The number of thiophene rings is 1. The molecule has 3 rings (SSSR count). The van der Waals surface area contributed by atoms with Crippen LogP contribution in [0.5, 0.6) is 0 Å². The van der Waals surface area contributed by atoms with Crippen molar-refractivity contribution in [3.05, 3.63) is 39.9 Å². The summed E-state index contributed by atoms with van der Waals surface area (Å²) in [7, 11) is 0. The van der Waals surface area contributed by atoms with Gasteiger partial charge < -0.3 is 5.73 Å². The third-order valence-electron chi connectivity index (χ3n) is 2.91. The van der Waals surface area contributed by atoms with E-state index in [0.717, 1.165) is 21.0 Å². The molecule has 2 heterocycles. The summed E-state index contributed by atoms with van der Waals surface area (Å²) >= 11 is 8.06. The molecular formula is C12H11ClN4S. The van der Waals surface area contributed by atoms with Crippen molar-refractivity contribution in [2.24, 2.45) is 0 Å². The fraction of sp³-hybridized carbons (Fsp3) is 0.167. The summed E-state index contributed by atoms with van der Waals surface area (Å²) in [4.78, 5) is 1.07. The van der Waals surface area contributed by atoms with Crippen molar-refractivity contribution in [2.75, 3.05) is 5.73 Å². The minimum Gasteiger partial charge on any atom is -0.381 e. The van der Waals surface area contributed by atoms with Crippen LogP contribution in [-0.2, 0) is 6.54 Å². The molecule has 0 fully saturated rings. The molecule has 18 heavy (non-hydrogen) atoms. The molecule has 0 saturated carbocycles. The van der Waals surface area contributed by atoms with Gasteiger partial charge in [-0.2, -0.15) is 0 Å². The summed E-state index contributed by atoms with van der Waals surface area (Å²) < 4.78 is 2.95. The largest absolute Gasteiger partial charge is 0.381 e. The number of nitrogens with two attached hydrogens (primary N) is 1. The molecule has 1 aromatic carbocycles. The average Bonchev–Trinajstić information content (AvgIpc) is 2.86. The Morgan fingerprint density at radius 3 is 2.83 bits per heavy atom. The minimum absolute atomic E-state index is 0.465. The Morgan fingerprint density at radius 1 is 1.39 bits per heavy atom. The van der Waals surface area contributed by atoms with Crippen molar-refractivity contribution in [1.82, 2.24) is 15.0 Å². The molecule has 2 N–H and O–H groups in total. The first-order valence-corrected chi connectivity index (χ1v) is 6.67. The van der Waals surface area contributed by atoms with Crippen LogP contribution in [0.25, 0.3) is 10.1 Å². The Bertz CT molecular complexity index is 716. The summed E-state index contributed by atoms with van der Waals surface area (Å²) in [5.41, 5.74) is 6.55. The van der Waals surface area contributed by atoms with Gasteiger partial charge in [0.1, 0.15) is 0 Å². The fourth-order valence-corrected chi connectivity index (χ4v) is 3.30. The van der Waals surface area contributed by atoms with Gasteiger partial charge in [-0.05, 0) is 13.0 Å². The molecule has 2 aromatic heterocycles. The van der Waals surface area contributed by atoms with E-state index in [9.17, 15) is 0 Å². The lowest BCUT2D eigenvalue weighted by Gasteiger charge is -2.01. The second-order valence-electron chi connectivity index (χ2n) is 4.05. The maximum atomic E-state index is 6.38. The highest BCUT2D eigenvalue weighted by atomic mass is 35.5. The number of halogens is 1. The van der Waals surface area contributed by atoms with Crippen LogP contribution in [0.1, 0.15) is 10.6 Å². The lowest BCUT2D eigenvalue weighted by Crippen LogP contribution is -2.03. The van der Waals surface area contributed by atoms with Gasteiger partial charge in [0.2, 0.25) is 0 Å². The van der Waals surface area contributed by atoms with Crippen LogP contribution < -0.4 is 5.73 Å². The van der Waals surface area contributed by atoms with Gasteiger partial charge in [-0.1, -0.05) is 35.0 Å². The second kappa shape index (κ2) is 4.26. The smallest absolute Gasteiger partial charge is 0.168 e. The van der Waals surface area contributed by atoms with Gasteiger partial charge in [0, 0.05) is 15.0 Å². The zero-order chi connectivity index (χ0) is 12.7. The van der Waals surface area contributed by atoms with Crippen LogP contribution in [0.15, 0.2) is 24.3 Å². The van der Waals surface area contributed by atoms with E-state index < -0.39 is 0 Å². The fourth-order valence-electron chi connectivity index (χ4n) is 1.83. The Labute approximate surface area is 113 Å². The zero-order valence-corrected chi connectivity index (χ0v) is 11.3. The van der Waals surface area contributed by atoms with E-state index in [-0.39, 0.29) is 0 Å². The Kier molecular flexibility index (Phi) is 2.72. The van der Waals surface area contributed by atoms with Gasteiger partial charge >= 0.3 is 0 Å². The van der Waals surface area contributed by atoms with Gasteiger partial charge in [-0.15, -0.1) is 16.4 Å². The quantitative estimate of drug-likeness (QED) is 0.784. The molecule has 6 heteroatoms. The van der Waals surface area contributed by atoms with Crippen LogP contribution in [0.4, 0.5) is 5.82 Å². The molecule has 0 aliphatic carbocycles. The number of hydrogen-bond acceptors (Lipinski definition) is 4. The number of hydrogen-bond donors (Lipinski definition) is 1. The predicted molar refractivity (Wildman–Crippen MR) is 75.1 cm³/mol. The summed E-state index contributed by atoms with van der Waals surface area (Å²) in [5, 5.41) is 9.74. The highest BCUT2D eigenvalue weighted by Crippen LogP contribution is 2.35. The molecule has 0 radical (unpaired) electrons. The number of aromatic nitrogens is 3. The normalized spacial score (nSPS) is 11.2. The van der Waals surface area contributed by atoms with Crippen molar-refractivity contribution < 1.29 is 0 Å². The topological polar surface area (TPSA) is 56.7 Å². The number of anilines is 1. The first-order chi connectivity index (χ1) is 8.66. The van der Waals surface area contributed by atoms with Crippen molar-refractivity contribution in [3.63, 3.8) is 0 Å². The lowest BCUT2D eigenvalue weighted by atomic mass is 10.2. The van der Waals surface area contributed by atoms with Crippen molar-refractivity contribution in [2.45, 2.75) is 13.5 Å². The first kappa shape index (κ1) is 11.5. The van der Waals surface area contributed by atoms with E-state index in [1.54, 1.807) is 16.0 Å². The summed E-state index contributed by atoms with van der Waals surface area (Å²) in [6.07, 6.45) is 0. The number of benzene rings is 1. The van der Waals surface area contributed by atoms with Crippen LogP contribution in [-0.4, -0.2) is 15.0 Å². The van der Waals surface area contributed by atoms with Gasteiger partial charge in [0.05, 0.1) is 17.3 Å². The van der Waals surface area contributed by atoms with E-state index in [4.69, 9.17) is 17.3 Å². The van der Waals surface area contributed by atoms with E-state index in [2.05, 4.69) is 16.4 Å². The maximum absolute atomic E-state index is 6.38. The third kappa shape index (κ3) is 1.76. The molecular weight excluding hydrogens is 268 g/mol. The van der Waals surface area contributed by atoms with Gasteiger partial charge in [-0.3, -0.25) is 0 Å². The summed E-state index contributed by atoms with van der Waals surface area (Å²) in [5.74, 6) is 0.465. The van der Waals surface area contributed by atoms with Gasteiger partial charge in [0.15, 0.2) is 5.82 Å². The molecule has 0 amide bonds. The van der Waals surface area contributed by atoms with Crippen molar-refractivity contribution in [3.8, 4) is 0 Å². The van der Waals surface area contributed by atoms with Crippen LogP contribution in [0, 0.1) is 6.92 Å². The summed E-state index contributed by atoms with van der Waals surface area (Å²) in [6, 6.07) is 8.10. The number of fused-ring (bicyclic) bond motifs is 1. The standard InChI is InChI=1S/C12H11ClN4S/c1-7-12(14)15-16-17(7)6-10-11(13)8-4-2-3-5-9(8)18-10/h2-5H,6,14H2,1H3. The Balaban J connectivity index is 2.05. The van der Waals surface area contributed by atoms with Gasteiger partial charge in [0.25, 0.3) is 0 Å². The first-order valence-electron chi connectivity index (χ1n) is 5.48. The summed E-state index contributed by atoms with van der Waals surface area (Å²) in [6.45, 7) is 2.50. The number of rotatable bonds is 2. The van der Waals surface area contributed by atoms with Gasteiger partial charge in [-0.25, -0.2) is 4.68 Å². The third-order valence-corrected chi connectivity index (χ3v) is 4.61. The molecule has 0 unspecified atom stereocenters. The van der Waals surface area contributed by atoms with Crippen molar-refractivity contribution >= 4 is 38.8 Å². The zero-order valence-electron chi connectivity index (χ0n) is 9.72. The second-order valence-corrected chi connectivity index (χ2v) is 5.57. The minimum atomic E-state index is 0.465. The molecule has 0 aliphatic heterocycles. The highest BCUT2D eigenvalue weighted by Gasteiger charge is 2.12. The predicted octanol–water partition coefficient (Wildman–Crippen LogP) is 3.09. The SMILES string of the molecule is Cc1c(N)nnn1Cc1sc2ccccc2c1Cl. The van der Waals surface area contributed by atoms with Crippen LogP contribution in [0.2, 0.25) is 5.02 Å². The van der Waals surface area contributed by atoms with E-state index in [1.807, 2.05) is 25.1 Å². The van der Waals surface area contributed by atoms with Crippen LogP contribution >= 0.6 is 22.9 Å². The van der Waals surface area contributed by atoms with E-state index in [1.165, 1.54) is 4.70 Å².